The lowest BCUT2D eigenvalue weighted by Gasteiger charge is -2.11. The summed E-state index contributed by atoms with van der Waals surface area (Å²) >= 11 is 6.12. The molecular formula is C26H23ClN6O. The molecule has 0 spiro atoms. The molecule has 5 rings (SSSR count). The number of nitrogens with zero attached hydrogens (tertiary/aromatic N) is 4. The van der Waals surface area contributed by atoms with Crippen molar-refractivity contribution in [3.05, 3.63) is 94.0 Å². The maximum Gasteiger partial charge on any atom is 0.253 e. The number of benzene rings is 1. The first-order valence-electron chi connectivity index (χ1n) is 10.9. The second kappa shape index (κ2) is 8.76. The minimum Gasteiger partial charge on any atom is -0.384 e. The average molecular weight is 471 g/mol. The highest BCUT2D eigenvalue weighted by atomic mass is 35.5. The average Bonchev–Trinajstić information content (AvgIpc) is 3.16. The Bertz CT molecular complexity index is 1540. The second-order valence-corrected chi connectivity index (χ2v) is 8.77. The molecule has 3 N–H and O–H groups in total. The van der Waals surface area contributed by atoms with Gasteiger partial charge in [0.25, 0.3) is 5.91 Å². The monoisotopic (exact) mass is 470 g/mol. The molecule has 4 aromatic heterocycles. The third-order valence-electron chi connectivity index (χ3n) is 5.94. The number of halogens is 1. The van der Waals surface area contributed by atoms with E-state index in [1.165, 1.54) is 0 Å². The number of hydrogen-bond donors (Lipinski definition) is 2. The van der Waals surface area contributed by atoms with Gasteiger partial charge < -0.3 is 15.6 Å². The Kier molecular flexibility index (Phi) is 5.63. The summed E-state index contributed by atoms with van der Waals surface area (Å²) < 4.78 is 1.99. The van der Waals surface area contributed by atoms with Crippen LogP contribution in [-0.2, 0) is 13.1 Å². The Morgan fingerprint density at radius 1 is 1.15 bits per heavy atom. The van der Waals surface area contributed by atoms with Gasteiger partial charge in [-0.25, -0.2) is 9.97 Å². The van der Waals surface area contributed by atoms with Crippen LogP contribution in [0.3, 0.4) is 0 Å². The Morgan fingerprint density at radius 2 is 2.00 bits per heavy atom. The molecule has 170 valence electrons. The zero-order valence-corrected chi connectivity index (χ0v) is 19.6. The molecule has 0 radical (unpaired) electrons. The summed E-state index contributed by atoms with van der Waals surface area (Å²) in [5.41, 5.74) is 11.9. The molecule has 5 aromatic rings. The predicted molar refractivity (Wildman–Crippen MR) is 135 cm³/mol. The molecule has 0 aliphatic rings. The van der Waals surface area contributed by atoms with Gasteiger partial charge in [0.1, 0.15) is 11.5 Å². The van der Waals surface area contributed by atoms with Gasteiger partial charge in [-0.3, -0.25) is 9.78 Å². The number of nitrogens with one attached hydrogen (secondary N) is 1. The first-order valence-corrected chi connectivity index (χ1v) is 11.3. The second-order valence-electron chi connectivity index (χ2n) is 8.34. The van der Waals surface area contributed by atoms with E-state index in [0.29, 0.717) is 29.5 Å². The summed E-state index contributed by atoms with van der Waals surface area (Å²) in [5.74, 6) is 0.313. The van der Waals surface area contributed by atoms with Gasteiger partial charge in [-0.05, 0) is 66.9 Å². The molecule has 1 amide bonds. The summed E-state index contributed by atoms with van der Waals surface area (Å²) in [7, 11) is 0. The largest absolute Gasteiger partial charge is 0.384 e. The van der Waals surface area contributed by atoms with Crippen LogP contribution in [0.25, 0.3) is 21.9 Å². The molecule has 7 nitrogen and oxygen atoms in total. The van der Waals surface area contributed by atoms with Crippen molar-refractivity contribution in [1.82, 2.24) is 24.8 Å². The minimum atomic E-state index is -0.165. The number of amides is 1. The molecular weight excluding hydrogens is 448 g/mol. The summed E-state index contributed by atoms with van der Waals surface area (Å²) in [4.78, 5) is 26.4. The number of aryl methyl sites for hydroxylation is 2. The number of hydrogen-bond acceptors (Lipinski definition) is 5. The standard InChI is InChI=1S/C26H23ClN6O/c1-15-8-24(28)32-16(2)21(15)12-31-26(34)22-14-33(25-20(22)4-3-7-29-25)13-17-5-6-23-18(9-17)10-19(27)11-30-23/h3-11,14H,12-13H2,1-2H3,(H2,28,32)(H,31,34). The van der Waals surface area contributed by atoms with Crippen LogP contribution in [0, 0.1) is 13.8 Å². The van der Waals surface area contributed by atoms with E-state index in [-0.39, 0.29) is 5.91 Å². The number of pyridine rings is 3. The molecule has 0 aliphatic carbocycles. The van der Waals surface area contributed by atoms with E-state index in [2.05, 4.69) is 26.3 Å². The van der Waals surface area contributed by atoms with Gasteiger partial charge in [-0.15, -0.1) is 0 Å². The van der Waals surface area contributed by atoms with Crippen molar-refractivity contribution in [2.24, 2.45) is 0 Å². The van der Waals surface area contributed by atoms with E-state index >= 15 is 0 Å². The molecule has 0 saturated heterocycles. The summed E-state index contributed by atoms with van der Waals surface area (Å²) in [6.45, 7) is 4.79. The maximum atomic E-state index is 13.2. The lowest BCUT2D eigenvalue weighted by atomic mass is 10.1. The molecule has 8 heteroatoms. The summed E-state index contributed by atoms with van der Waals surface area (Å²) in [6.07, 6.45) is 5.23. The molecule has 0 unspecified atom stereocenters. The van der Waals surface area contributed by atoms with Crippen LogP contribution >= 0.6 is 11.6 Å². The summed E-state index contributed by atoms with van der Waals surface area (Å²) in [5, 5.41) is 5.40. The van der Waals surface area contributed by atoms with E-state index in [1.807, 2.05) is 61.0 Å². The normalized spacial score (nSPS) is 11.3. The van der Waals surface area contributed by atoms with Crippen molar-refractivity contribution < 1.29 is 4.79 Å². The van der Waals surface area contributed by atoms with Gasteiger partial charge in [0, 0.05) is 48.1 Å². The van der Waals surface area contributed by atoms with Gasteiger partial charge in [-0.1, -0.05) is 17.7 Å². The van der Waals surface area contributed by atoms with Crippen LogP contribution in [0.2, 0.25) is 5.02 Å². The van der Waals surface area contributed by atoms with Crippen molar-refractivity contribution in [1.29, 1.82) is 0 Å². The molecule has 0 aliphatic heterocycles. The van der Waals surface area contributed by atoms with Crippen LogP contribution in [-0.4, -0.2) is 25.4 Å². The lowest BCUT2D eigenvalue weighted by molar-refractivity contribution is 0.0952. The number of aromatic nitrogens is 4. The number of nitrogens with two attached hydrogens (primary N) is 1. The highest BCUT2D eigenvalue weighted by molar-refractivity contribution is 6.31. The van der Waals surface area contributed by atoms with Crippen molar-refractivity contribution >= 4 is 45.3 Å². The number of rotatable bonds is 5. The fourth-order valence-corrected chi connectivity index (χ4v) is 4.46. The third kappa shape index (κ3) is 4.18. The fraction of sp³-hybridized carbons (Fsp3) is 0.154. The van der Waals surface area contributed by atoms with Gasteiger partial charge in [-0.2, -0.15) is 0 Å². The van der Waals surface area contributed by atoms with Crippen LogP contribution in [0.1, 0.15) is 32.7 Å². The van der Waals surface area contributed by atoms with Crippen molar-refractivity contribution in [2.75, 3.05) is 5.73 Å². The van der Waals surface area contributed by atoms with Gasteiger partial charge in [0.05, 0.1) is 16.1 Å². The van der Waals surface area contributed by atoms with Crippen LogP contribution in [0.4, 0.5) is 5.82 Å². The van der Waals surface area contributed by atoms with Crippen molar-refractivity contribution in [3.63, 3.8) is 0 Å². The lowest BCUT2D eigenvalue weighted by Crippen LogP contribution is -2.24. The third-order valence-corrected chi connectivity index (χ3v) is 6.15. The van der Waals surface area contributed by atoms with Crippen LogP contribution in [0.5, 0.6) is 0 Å². The minimum absolute atomic E-state index is 0.165. The molecule has 0 atom stereocenters. The molecule has 0 fully saturated rings. The summed E-state index contributed by atoms with van der Waals surface area (Å²) in [6, 6.07) is 13.5. The van der Waals surface area contributed by atoms with E-state index in [4.69, 9.17) is 17.3 Å². The van der Waals surface area contributed by atoms with Gasteiger partial charge >= 0.3 is 0 Å². The topological polar surface area (TPSA) is 98.7 Å². The Morgan fingerprint density at radius 3 is 2.82 bits per heavy atom. The number of nitrogen functional groups attached to an aromatic ring is 1. The van der Waals surface area contributed by atoms with Crippen molar-refractivity contribution in [2.45, 2.75) is 26.9 Å². The number of carbonyl (C=O) groups is 1. The molecule has 4 heterocycles. The predicted octanol–water partition coefficient (Wildman–Crippen LogP) is 4.81. The van der Waals surface area contributed by atoms with E-state index < -0.39 is 0 Å². The Balaban J connectivity index is 1.44. The van der Waals surface area contributed by atoms with E-state index in [9.17, 15) is 4.79 Å². The van der Waals surface area contributed by atoms with Gasteiger partial charge in [0.2, 0.25) is 0 Å². The zero-order valence-electron chi connectivity index (χ0n) is 18.8. The molecule has 34 heavy (non-hydrogen) atoms. The Hall–Kier alpha value is -3.97. The number of anilines is 1. The first-order chi connectivity index (χ1) is 16.4. The molecule has 0 saturated carbocycles. The molecule has 0 bridgehead atoms. The number of fused-ring (bicyclic) bond motifs is 2. The smallest absolute Gasteiger partial charge is 0.253 e. The maximum absolute atomic E-state index is 13.2. The fourth-order valence-electron chi connectivity index (χ4n) is 4.29. The first kappa shape index (κ1) is 21.9. The highest BCUT2D eigenvalue weighted by Crippen LogP contribution is 2.23. The van der Waals surface area contributed by atoms with E-state index in [0.717, 1.165) is 44.3 Å². The van der Waals surface area contributed by atoms with Crippen molar-refractivity contribution in [3.8, 4) is 0 Å². The molecule has 1 aromatic carbocycles. The van der Waals surface area contributed by atoms with Crippen LogP contribution < -0.4 is 11.1 Å². The van der Waals surface area contributed by atoms with E-state index in [1.54, 1.807) is 12.4 Å². The number of carbonyl (C=O) groups excluding carboxylic acids is 1. The Labute approximate surface area is 201 Å². The van der Waals surface area contributed by atoms with Crippen LogP contribution in [0.15, 0.2) is 61.1 Å². The zero-order chi connectivity index (χ0) is 23.8. The quantitative estimate of drug-likeness (QED) is 0.384. The SMILES string of the molecule is Cc1cc(N)nc(C)c1CNC(=O)c1cn(Cc2ccc3ncc(Cl)cc3c2)c2ncccc12. The highest BCUT2D eigenvalue weighted by Gasteiger charge is 2.17. The van der Waals surface area contributed by atoms with Gasteiger partial charge in [0.15, 0.2) is 0 Å².